The summed E-state index contributed by atoms with van der Waals surface area (Å²) < 4.78 is 5.65. The normalized spacial score (nSPS) is 17.4. The molecule has 1 atom stereocenters. The van der Waals surface area contributed by atoms with Gasteiger partial charge in [-0.3, -0.25) is 14.6 Å². The largest absolute Gasteiger partial charge is 0.507 e. The van der Waals surface area contributed by atoms with Gasteiger partial charge in [0.05, 0.1) is 17.7 Å². The fraction of sp³-hybridized carbons (Fsp3) is 0.192. The number of pyridine rings is 1. The molecule has 8 heteroatoms. The molecule has 1 N–H and O–H groups in total. The van der Waals surface area contributed by atoms with Crippen molar-refractivity contribution in [1.82, 2.24) is 9.88 Å². The Morgan fingerprint density at radius 1 is 1.12 bits per heavy atom. The Kier molecular flexibility index (Phi) is 6.91. The third-order valence-corrected chi connectivity index (χ3v) is 5.93. The molecule has 2 heterocycles. The molecule has 0 spiro atoms. The molecule has 1 aliphatic rings. The Hall–Kier alpha value is -3.35. The van der Waals surface area contributed by atoms with Gasteiger partial charge < -0.3 is 14.7 Å². The highest BCUT2D eigenvalue weighted by molar-refractivity contribution is 6.47. The fourth-order valence-electron chi connectivity index (χ4n) is 3.90. The van der Waals surface area contributed by atoms with Crippen LogP contribution in [0.5, 0.6) is 5.75 Å². The third kappa shape index (κ3) is 4.79. The first-order chi connectivity index (χ1) is 16.3. The minimum absolute atomic E-state index is 0.00991. The van der Waals surface area contributed by atoms with E-state index in [1.54, 1.807) is 67.0 Å². The second-order valence-corrected chi connectivity index (χ2v) is 8.99. The van der Waals surface area contributed by atoms with Crippen LogP contribution >= 0.6 is 23.2 Å². The van der Waals surface area contributed by atoms with Crippen LogP contribution in [0.15, 0.2) is 72.6 Å². The summed E-state index contributed by atoms with van der Waals surface area (Å²) in [6, 6.07) is 14.2. The van der Waals surface area contributed by atoms with Gasteiger partial charge in [0.25, 0.3) is 11.7 Å². The van der Waals surface area contributed by atoms with Crippen LogP contribution < -0.4 is 4.74 Å². The first kappa shape index (κ1) is 23.8. The first-order valence-electron chi connectivity index (χ1n) is 10.7. The van der Waals surface area contributed by atoms with Crippen molar-refractivity contribution in [3.8, 4) is 5.75 Å². The van der Waals surface area contributed by atoms with E-state index in [9.17, 15) is 14.7 Å². The lowest BCUT2D eigenvalue weighted by Crippen LogP contribution is -2.29. The minimum Gasteiger partial charge on any atom is -0.507 e. The number of likely N-dealkylation sites (tertiary alicyclic amines) is 1. The molecule has 1 aliphatic heterocycles. The standard InChI is InChI=1S/C26H22Cl2N2O4/c1-15(2)34-19-8-5-17(6-9-19)24(31)22-23(20-10-7-18(27)12-21(20)28)30(26(33)25(22)32)14-16-4-3-11-29-13-16/h3-13,15,23,31H,14H2,1-2H3/b24-22-. The highest BCUT2D eigenvalue weighted by atomic mass is 35.5. The van der Waals surface area contributed by atoms with Crippen LogP contribution in [0.2, 0.25) is 10.0 Å². The maximum absolute atomic E-state index is 13.2. The van der Waals surface area contributed by atoms with Crippen molar-refractivity contribution in [3.63, 3.8) is 0 Å². The average Bonchev–Trinajstić information content (AvgIpc) is 3.04. The number of hydrogen-bond donors (Lipinski definition) is 1. The number of carbonyl (C=O) groups excluding carboxylic acids is 2. The summed E-state index contributed by atoms with van der Waals surface area (Å²) in [5.74, 6) is -1.19. The third-order valence-electron chi connectivity index (χ3n) is 5.37. The van der Waals surface area contributed by atoms with E-state index in [1.807, 2.05) is 13.8 Å². The van der Waals surface area contributed by atoms with Gasteiger partial charge in [-0.15, -0.1) is 0 Å². The van der Waals surface area contributed by atoms with Gasteiger partial charge in [-0.05, 0) is 67.4 Å². The molecule has 0 radical (unpaired) electrons. The van der Waals surface area contributed by atoms with Gasteiger partial charge >= 0.3 is 0 Å². The molecule has 6 nitrogen and oxygen atoms in total. The zero-order chi connectivity index (χ0) is 24.4. The number of aromatic nitrogens is 1. The summed E-state index contributed by atoms with van der Waals surface area (Å²) in [7, 11) is 0. The summed E-state index contributed by atoms with van der Waals surface area (Å²) in [6.07, 6.45) is 3.23. The molecular formula is C26H22Cl2N2O4. The van der Waals surface area contributed by atoms with E-state index in [0.29, 0.717) is 21.9 Å². The Morgan fingerprint density at radius 3 is 2.47 bits per heavy atom. The number of nitrogens with zero attached hydrogens (tertiary/aromatic N) is 2. The monoisotopic (exact) mass is 496 g/mol. The Bertz CT molecular complexity index is 1260. The average molecular weight is 497 g/mol. The second-order valence-electron chi connectivity index (χ2n) is 8.15. The Labute approximate surface area is 207 Å². The van der Waals surface area contributed by atoms with E-state index in [0.717, 1.165) is 5.56 Å². The fourth-order valence-corrected chi connectivity index (χ4v) is 4.41. The van der Waals surface area contributed by atoms with E-state index >= 15 is 0 Å². The molecule has 1 unspecified atom stereocenters. The zero-order valence-corrected chi connectivity index (χ0v) is 20.0. The lowest BCUT2D eigenvalue weighted by molar-refractivity contribution is -0.140. The molecule has 2 aromatic carbocycles. The van der Waals surface area contributed by atoms with Crippen molar-refractivity contribution >= 4 is 40.7 Å². The molecule has 4 rings (SSSR count). The summed E-state index contributed by atoms with van der Waals surface area (Å²) in [5.41, 5.74) is 1.55. The molecular weight excluding hydrogens is 475 g/mol. The van der Waals surface area contributed by atoms with Gasteiger partial charge in [-0.25, -0.2) is 0 Å². The van der Waals surface area contributed by atoms with E-state index < -0.39 is 17.7 Å². The smallest absolute Gasteiger partial charge is 0.295 e. The van der Waals surface area contributed by atoms with Gasteiger partial charge in [-0.1, -0.05) is 35.3 Å². The molecule has 34 heavy (non-hydrogen) atoms. The lowest BCUT2D eigenvalue weighted by atomic mass is 9.95. The van der Waals surface area contributed by atoms with Crippen molar-refractivity contribution in [2.75, 3.05) is 0 Å². The molecule has 0 saturated carbocycles. The predicted molar refractivity (Wildman–Crippen MR) is 131 cm³/mol. The van der Waals surface area contributed by atoms with Crippen LogP contribution in [0.1, 0.15) is 36.6 Å². The quantitative estimate of drug-likeness (QED) is 0.265. The number of Topliss-reactive ketones (excluding diaryl/α,β-unsaturated/α-hetero) is 1. The highest BCUT2D eigenvalue weighted by Gasteiger charge is 2.46. The Balaban J connectivity index is 1.83. The van der Waals surface area contributed by atoms with Crippen molar-refractivity contribution in [2.45, 2.75) is 32.5 Å². The maximum Gasteiger partial charge on any atom is 0.295 e. The topological polar surface area (TPSA) is 79.7 Å². The summed E-state index contributed by atoms with van der Waals surface area (Å²) >= 11 is 12.6. The zero-order valence-electron chi connectivity index (χ0n) is 18.5. The number of rotatable bonds is 6. The number of ketones is 1. The molecule has 3 aromatic rings. The maximum atomic E-state index is 13.2. The molecule has 1 fully saturated rings. The van der Waals surface area contributed by atoms with Gasteiger partial charge in [0.2, 0.25) is 0 Å². The number of ether oxygens (including phenoxy) is 1. The molecule has 1 saturated heterocycles. The first-order valence-corrected chi connectivity index (χ1v) is 11.4. The number of aliphatic hydroxyl groups is 1. The number of aliphatic hydroxyl groups excluding tert-OH is 1. The van der Waals surface area contributed by atoms with E-state index in [-0.39, 0.29) is 29.0 Å². The van der Waals surface area contributed by atoms with Crippen LogP contribution in [0.4, 0.5) is 0 Å². The SMILES string of the molecule is CC(C)Oc1ccc(/C(O)=C2/C(=O)C(=O)N(Cc3cccnc3)C2c2ccc(Cl)cc2Cl)cc1. The van der Waals surface area contributed by atoms with Crippen molar-refractivity contribution in [2.24, 2.45) is 0 Å². The molecule has 174 valence electrons. The highest BCUT2D eigenvalue weighted by Crippen LogP contribution is 2.43. The predicted octanol–water partition coefficient (Wildman–Crippen LogP) is 5.80. The minimum atomic E-state index is -0.906. The number of hydrogen-bond acceptors (Lipinski definition) is 5. The van der Waals surface area contributed by atoms with Gasteiger partial charge in [0.1, 0.15) is 11.5 Å². The number of carbonyl (C=O) groups is 2. The molecule has 1 aromatic heterocycles. The number of amides is 1. The van der Waals surface area contributed by atoms with Crippen molar-refractivity contribution in [3.05, 3.63) is 99.3 Å². The lowest BCUT2D eigenvalue weighted by Gasteiger charge is -2.26. The van der Waals surface area contributed by atoms with Crippen molar-refractivity contribution in [1.29, 1.82) is 0 Å². The second kappa shape index (κ2) is 9.87. The van der Waals surface area contributed by atoms with Gasteiger partial charge in [0, 0.05) is 34.5 Å². The van der Waals surface area contributed by atoms with E-state index in [4.69, 9.17) is 27.9 Å². The van der Waals surface area contributed by atoms with Crippen LogP contribution in [0.25, 0.3) is 5.76 Å². The van der Waals surface area contributed by atoms with Crippen LogP contribution in [0, 0.1) is 0 Å². The molecule has 0 bridgehead atoms. The van der Waals surface area contributed by atoms with Gasteiger partial charge in [0.15, 0.2) is 0 Å². The van der Waals surface area contributed by atoms with Crippen LogP contribution in [0.3, 0.4) is 0 Å². The van der Waals surface area contributed by atoms with E-state index in [2.05, 4.69) is 4.98 Å². The summed E-state index contributed by atoms with van der Waals surface area (Å²) in [4.78, 5) is 31.8. The summed E-state index contributed by atoms with van der Waals surface area (Å²) in [5, 5.41) is 11.9. The van der Waals surface area contributed by atoms with E-state index in [1.165, 1.54) is 4.90 Å². The molecule has 0 aliphatic carbocycles. The Morgan fingerprint density at radius 2 is 1.85 bits per heavy atom. The molecule has 1 amide bonds. The van der Waals surface area contributed by atoms with Crippen LogP contribution in [-0.4, -0.2) is 32.8 Å². The van der Waals surface area contributed by atoms with Crippen LogP contribution in [-0.2, 0) is 16.1 Å². The number of benzene rings is 2. The van der Waals surface area contributed by atoms with Crippen molar-refractivity contribution < 1.29 is 19.4 Å². The van der Waals surface area contributed by atoms with Gasteiger partial charge in [-0.2, -0.15) is 0 Å². The number of halogens is 2. The summed E-state index contributed by atoms with van der Waals surface area (Å²) in [6.45, 7) is 3.93.